The highest BCUT2D eigenvalue weighted by Gasteiger charge is 2.14. The van der Waals surface area contributed by atoms with Gasteiger partial charge in [0.1, 0.15) is 11.4 Å². The second-order valence-electron chi connectivity index (χ2n) is 5.53. The molecule has 0 bridgehead atoms. The van der Waals surface area contributed by atoms with Crippen molar-refractivity contribution in [1.82, 2.24) is 24.5 Å². The first-order chi connectivity index (χ1) is 12.5. The maximum atomic E-state index is 12.3. The maximum absolute atomic E-state index is 12.3. The van der Waals surface area contributed by atoms with Gasteiger partial charge < -0.3 is 0 Å². The number of nitrogens with zero attached hydrogens (tertiary/aromatic N) is 4. The van der Waals surface area contributed by atoms with Gasteiger partial charge in [-0.25, -0.2) is 13.1 Å². The molecule has 1 aromatic carbocycles. The predicted octanol–water partition coefficient (Wildman–Crippen LogP) is 1.52. The maximum Gasteiger partial charge on any atom is 0.240 e. The van der Waals surface area contributed by atoms with Crippen molar-refractivity contribution in [2.75, 3.05) is 6.54 Å². The van der Waals surface area contributed by atoms with Crippen molar-refractivity contribution in [3.63, 3.8) is 0 Å². The summed E-state index contributed by atoms with van der Waals surface area (Å²) in [7, 11) is -3.64. The number of Topliss-reactive ketones (excluding diaryl/α,β-unsaturated/α-hetero) is 1. The molecule has 0 atom stereocenters. The number of nitrogens with one attached hydrogen (secondary N) is 1. The van der Waals surface area contributed by atoms with Gasteiger partial charge in [-0.1, -0.05) is 12.1 Å². The molecule has 0 saturated carbocycles. The van der Waals surface area contributed by atoms with Crippen molar-refractivity contribution in [3.05, 3.63) is 60.7 Å². The Morgan fingerprint density at radius 3 is 2.54 bits per heavy atom. The fraction of sp³-hybridized carbons (Fsp3) is 0.176. The topological polar surface area (TPSA) is 107 Å². The van der Waals surface area contributed by atoms with E-state index in [1.54, 1.807) is 35.5 Å². The molecule has 8 nitrogen and oxygen atoms in total. The van der Waals surface area contributed by atoms with E-state index in [2.05, 4.69) is 19.8 Å². The lowest BCUT2D eigenvalue weighted by molar-refractivity contribution is 0.101. The van der Waals surface area contributed by atoms with E-state index >= 15 is 0 Å². The van der Waals surface area contributed by atoms with Crippen molar-refractivity contribution in [2.45, 2.75) is 18.4 Å². The van der Waals surface area contributed by atoms with E-state index in [9.17, 15) is 13.2 Å². The number of aromatic nitrogens is 4. The molecule has 0 amide bonds. The Labute approximate surface area is 151 Å². The van der Waals surface area contributed by atoms with Gasteiger partial charge in [0, 0.05) is 30.7 Å². The van der Waals surface area contributed by atoms with Crippen molar-refractivity contribution in [2.24, 2.45) is 0 Å². The van der Waals surface area contributed by atoms with Crippen molar-refractivity contribution in [1.29, 1.82) is 0 Å². The van der Waals surface area contributed by atoms with E-state index in [1.165, 1.54) is 31.2 Å². The van der Waals surface area contributed by atoms with Gasteiger partial charge in [0.05, 0.1) is 17.6 Å². The first-order valence-electron chi connectivity index (χ1n) is 7.86. The lowest BCUT2D eigenvalue weighted by Crippen LogP contribution is -2.27. The van der Waals surface area contributed by atoms with Gasteiger partial charge in [0.15, 0.2) is 5.78 Å². The largest absolute Gasteiger partial charge is 0.295 e. The van der Waals surface area contributed by atoms with Gasteiger partial charge in [-0.05, 0) is 25.1 Å². The minimum Gasteiger partial charge on any atom is -0.295 e. The second kappa shape index (κ2) is 7.54. The van der Waals surface area contributed by atoms with Crippen molar-refractivity contribution >= 4 is 15.8 Å². The summed E-state index contributed by atoms with van der Waals surface area (Å²) in [6.07, 6.45) is 6.53. The first kappa shape index (κ1) is 17.9. The lowest BCUT2D eigenvalue weighted by Gasteiger charge is -2.07. The number of sulfonamides is 1. The molecule has 0 spiro atoms. The Kier molecular flexibility index (Phi) is 5.19. The molecule has 9 heteroatoms. The smallest absolute Gasteiger partial charge is 0.240 e. The van der Waals surface area contributed by atoms with Crippen LogP contribution in [0.5, 0.6) is 0 Å². The van der Waals surface area contributed by atoms with E-state index in [0.717, 1.165) is 0 Å². The third kappa shape index (κ3) is 4.19. The van der Waals surface area contributed by atoms with Gasteiger partial charge in [-0.15, -0.1) is 0 Å². The van der Waals surface area contributed by atoms with Crippen LogP contribution in [0.4, 0.5) is 0 Å². The highest BCUT2D eigenvalue weighted by Crippen LogP contribution is 2.12. The number of carbonyl (C=O) groups is 1. The van der Waals surface area contributed by atoms with Crippen LogP contribution in [0.1, 0.15) is 17.3 Å². The molecule has 134 valence electrons. The van der Waals surface area contributed by atoms with Crippen molar-refractivity contribution < 1.29 is 13.2 Å². The average molecular weight is 371 g/mol. The molecular formula is C17H17N5O3S. The fourth-order valence-corrected chi connectivity index (χ4v) is 3.32. The molecule has 0 aliphatic carbocycles. The van der Waals surface area contributed by atoms with Gasteiger partial charge >= 0.3 is 0 Å². The zero-order valence-electron chi connectivity index (χ0n) is 14.0. The van der Waals surface area contributed by atoms with E-state index in [4.69, 9.17) is 0 Å². The van der Waals surface area contributed by atoms with Gasteiger partial charge in [-0.3, -0.25) is 19.4 Å². The minimum absolute atomic E-state index is 0.112. The molecule has 3 aromatic rings. The third-order valence-corrected chi connectivity index (χ3v) is 5.15. The first-order valence-corrected chi connectivity index (χ1v) is 9.34. The molecule has 3 rings (SSSR count). The Hall–Kier alpha value is -2.91. The summed E-state index contributed by atoms with van der Waals surface area (Å²) in [6.45, 7) is 1.98. The normalized spacial score (nSPS) is 11.4. The number of hydrogen-bond donors (Lipinski definition) is 1. The lowest BCUT2D eigenvalue weighted by atomic mass is 10.2. The van der Waals surface area contributed by atoms with Crippen LogP contribution in [0.2, 0.25) is 0 Å². The van der Waals surface area contributed by atoms with E-state index < -0.39 is 10.0 Å². The van der Waals surface area contributed by atoms with Crippen molar-refractivity contribution in [3.8, 4) is 11.4 Å². The Morgan fingerprint density at radius 2 is 1.88 bits per heavy atom. The number of carbonyl (C=O) groups excluding carboxylic acids is 1. The summed E-state index contributed by atoms with van der Waals surface area (Å²) in [5, 5.41) is 4.35. The van der Waals surface area contributed by atoms with Crippen LogP contribution in [-0.2, 0) is 16.6 Å². The number of ketones is 1. The zero-order valence-corrected chi connectivity index (χ0v) is 14.8. The van der Waals surface area contributed by atoms with Crippen LogP contribution in [-0.4, -0.2) is 40.5 Å². The van der Waals surface area contributed by atoms with E-state index in [0.29, 0.717) is 23.5 Å². The van der Waals surface area contributed by atoms with Crippen LogP contribution < -0.4 is 4.72 Å². The number of rotatable bonds is 7. The summed E-state index contributed by atoms with van der Waals surface area (Å²) >= 11 is 0. The van der Waals surface area contributed by atoms with Crippen LogP contribution in [0.15, 0.2) is 60.0 Å². The third-order valence-electron chi connectivity index (χ3n) is 3.67. The molecule has 0 aliphatic rings. The average Bonchev–Trinajstić information content (AvgIpc) is 3.11. The van der Waals surface area contributed by atoms with Gasteiger partial charge in [-0.2, -0.15) is 5.10 Å². The molecule has 0 aliphatic heterocycles. The van der Waals surface area contributed by atoms with E-state index in [1.807, 2.05) is 0 Å². The summed E-state index contributed by atoms with van der Waals surface area (Å²) in [5.41, 5.74) is 1.79. The monoisotopic (exact) mass is 371 g/mol. The molecule has 1 N–H and O–H groups in total. The molecule has 2 heterocycles. The zero-order chi connectivity index (χ0) is 18.6. The summed E-state index contributed by atoms with van der Waals surface area (Å²) in [5.74, 6) is -0.112. The Balaban J connectivity index is 1.60. The fourth-order valence-electron chi connectivity index (χ4n) is 2.30. The quantitative estimate of drug-likeness (QED) is 0.631. The highest BCUT2D eigenvalue weighted by molar-refractivity contribution is 7.89. The van der Waals surface area contributed by atoms with E-state index in [-0.39, 0.29) is 17.2 Å². The van der Waals surface area contributed by atoms with Crippen LogP contribution in [0.3, 0.4) is 0 Å². The second-order valence-corrected chi connectivity index (χ2v) is 7.30. The van der Waals surface area contributed by atoms with Gasteiger partial charge in [0.25, 0.3) is 0 Å². The minimum atomic E-state index is -3.64. The van der Waals surface area contributed by atoms with Crippen LogP contribution in [0, 0.1) is 0 Å². The summed E-state index contributed by atoms with van der Waals surface area (Å²) in [6, 6.07) is 7.62. The molecule has 0 unspecified atom stereocenters. The highest BCUT2D eigenvalue weighted by atomic mass is 32.2. The summed E-state index contributed by atoms with van der Waals surface area (Å²) < 4.78 is 28.7. The Morgan fingerprint density at radius 1 is 1.12 bits per heavy atom. The predicted molar refractivity (Wildman–Crippen MR) is 94.9 cm³/mol. The molecule has 0 fully saturated rings. The Bertz CT molecular complexity index is 998. The number of benzene rings is 1. The number of hydrogen-bond acceptors (Lipinski definition) is 6. The van der Waals surface area contributed by atoms with Crippen LogP contribution in [0.25, 0.3) is 11.4 Å². The molecule has 26 heavy (non-hydrogen) atoms. The molecule has 0 saturated heterocycles. The molecule has 2 aromatic heterocycles. The summed E-state index contributed by atoms with van der Waals surface area (Å²) in [4.78, 5) is 19.5. The molecule has 0 radical (unpaired) electrons. The SMILES string of the molecule is CC(=O)c1ccc(S(=O)(=O)NCCn2ccc(-c3cnccn3)n2)cc1. The van der Waals surface area contributed by atoms with Crippen LogP contribution >= 0.6 is 0 Å². The standard InChI is InChI=1S/C17H17N5O3S/c1-13(23)14-2-4-15(5-3-14)26(24,25)20-9-11-22-10-6-16(21-22)17-12-18-7-8-19-17/h2-8,10,12,20H,9,11H2,1H3. The molecular weight excluding hydrogens is 354 g/mol. The van der Waals surface area contributed by atoms with Gasteiger partial charge in [0.2, 0.25) is 10.0 Å².